The van der Waals surface area contributed by atoms with Gasteiger partial charge in [0.2, 0.25) is 0 Å². The molecule has 6 heteroatoms. The van der Waals surface area contributed by atoms with Crippen LogP contribution in [0.4, 0.5) is 0 Å². The van der Waals surface area contributed by atoms with E-state index in [0.717, 1.165) is 57.9 Å². The van der Waals surface area contributed by atoms with Crippen molar-refractivity contribution >= 4 is 0 Å². The summed E-state index contributed by atoms with van der Waals surface area (Å²) < 4.78 is 9.96. The van der Waals surface area contributed by atoms with Gasteiger partial charge in [-0.05, 0) is 26.7 Å². The SMILES string of the molecule is CCCn1nc(C)c(-c2cncn2[C@H](CC)CN2CCOCC2)c1C. The largest absolute Gasteiger partial charge is 0.379 e. The topological polar surface area (TPSA) is 48.1 Å². The molecule has 0 unspecified atom stereocenters. The molecular formula is C19H31N5O. The van der Waals surface area contributed by atoms with Crippen LogP contribution in [0.1, 0.15) is 44.1 Å². The highest BCUT2D eigenvalue weighted by atomic mass is 16.5. The predicted octanol–water partition coefficient (Wildman–Crippen LogP) is 3.06. The van der Waals surface area contributed by atoms with Gasteiger partial charge in [0.1, 0.15) is 0 Å². The van der Waals surface area contributed by atoms with Crippen LogP contribution >= 0.6 is 0 Å². The van der Waals surface area contributed by atoms with Crippen LogP contribution < -0.4 is 0 Å². The van der Waals surface area contributed by atoms with Gasteiger partial charge in [-0.15, -0.1) is 0 Å². The Labute approximate surface area is 150 Å². The standard InChI is InChI=1S/C19H31N5O/c1-5-7-24-16(4)19(15(3)21-24)18-12-20-14-23(18)17(6-2)13-22-8-10-25-11-9-22/h12,14,17H,5-11,13H2,1-4H3/t17-/m1/s1. The average Bonchev–Trinajstić information content (AvgIpc) is 3.19. The van der Waals surface area contributed by atoms with Crippen molar-refractivity contribution in [3.8, 4) is 11.3 Å². The minimum Gasteiger partial charge on any atom is -0.379 e. The van der Waals surface area contributed by atoms with Crippen LogP contribution in [-0.4, -0.2) is 57.1 Å². The number of imidazole rings is 1. The Bertz CT molecular complexity index is 684. The van der Waals surface area contributed by atoms with Gasteiger partial charge in [0.25, 0.3) is 0 Å². The van der Waals surface area contributed by atoms with Gasteiger partial charge < -0.3 is 9.30 Å². The number of aromatic nitrogens is 4. The molecule has 1 fully saturated rings. The molecule has 3 rings (SSSR count). The first-order chi connectivity index (χ1) is 12.2. The van der Waals surface area contributed by atoms with E-state index in [-0.39, 0.29) is 0 Å². The molecule has 6 nitrogen and oxygen atoms in total. The fourth-order valence-corrected chi connectivity index (χ4v) is 3.78. The lowest BCUT2D eigenvalue weighted by molar-refractivity contribution is 0.0313. The molecule has 3 heterocycles. The zero-order valence-electron chi connectivity index (χ0n) is 16.0. The molecule has 1 atom stereocenters. The Morgan fingerprint density at radius 3 is 2.64 bits per heavy atom. The molecule has 0 N–H and O–H groups in total. The van der Waals surface area contributed by atoms with E-state index < -0.39 is 0 Å². The van der Waals surface area contributed by atoms with E-state index in [1.807, 2.05) is 12.5 Å². The fourth-order valence-electron chi connectivity index (χ4n) is 3.78. The van der Waals surface area contributed by atoms with Crippen molar-refractivity contribution in [2.45, 2.75) is 53.1 Å². The molecule has 1 aliphatic heterocycles. The van der Waals surface area contributed by atoms with Gasteiger partial charge in [0.15, 0.2) is 0 Å². The van der Waals surface area contributed by atoms with Crippen LogP contribution in [0, 0.1) is 13.8 Å². The summed E-state index contributed by atoms with van der Waals surface area (Å²) in [6, 6.07) is 0.420. The van der Waals surface area contributed by atoms with Crippen LogP contribution in [0.3, 0.4) is 0 Å². The third-order valence-corrected chi connectivity index (χ3v) is 5.18. The van der Waals surface area contributed by atoms with Gasteiger partial charge in [-0.1, -0.05) is 13.8 Å². The van der Waals surface area contributed by atoms with Crippen LogP contribution in [0.2, 0.25) is 0 Å². The minimum atomic E-state index is 0.420. The van der Waals surface area contributed by atoms with Crippen molar-refractivity contribution in [1.29, 1.82) is 0 Å². The molecule has 0 saturated carbocycles. The molecule has 25 heavy (non-hydrogen) atoms. The van der Waals surface area contributed by atoms with Crippen molar-refractivity contribution in [1.82, 2.24) is 24.2 Å². The summed E-state index contributed by atoms with van der Waals surface area (Å²) in [6.07, 6.45) is 6.16. The minimum absolute atomic E-state index is 0.420. The predicted molar refractivity (Wildman–Crippen MR) is 99.8 cm³/mol. The molecule has 1 saturated heterocycles. The van der Waals surface area contributed by atoms with Crippen LogP contribution in [0.5, 0.6) is 0 Å². The summed E-state index contributed by atoms with van der Waals surface area (Å²) in [4.78, 5) is 6.98. The molecule has 0 aromatic carbocycles. The highest BCUT2D eigenvalue weighted by Gasteiger charge is 2.22. The van der Waals surface area contributed by atoms with Gasteiger partial charge in [-0.25, -0.2) is 4.98 Å². The molecule has 1 aliphatic rings. The molecule has 0 radical (unpaired) electrons. The van der Waals surface area contributed by atoms with Gasteiger partial charge in [-0.3, -0.25) is 9.58 Å². The summed E-state index contributed by atoms with van der Waals surface area (Å²) in [5.74, 6) is 0. The number of hydrogen-bond donors (Lipinski definition) is 0. The Balaban J connectivity index is 1.88. The third kappa shape index (κ3) is 3.80. The lowest BCUT2D eigenvalue weighted by Crippen LogP contribution is -2.39. The Hall–Kier alpha value is -1.66. The first-order valence-corrected chi connectivity index (χ1v) is 9.52. The monoisotopic (exact) mass is 345 g/mol. The highest BCUT2D eigenvalue weighted by molar-refractivity contribution is 5.65. The Morgan fingerprint density at radius 2 is 1.96 bits per heavy atom. The van der Waals surface area contributed by atoms with E-state index in [2.05, 4.69) is 46.8 Å². The van der Waals surface area contributed by atoms with Gasteiger partial charge in [0.05, 0.1) is 37.1 Å². The van der Waals surface area contributed by atoms with Crippen molar-refractivity contribution in [2.75, 3.05) is 32.8 Å². The van der Waals surface area contributed by atoms with E-state index in [0.29, 0.717) is 6.04 Å². The third-order valence-electron chi connectivity index (χ3n) is 5.18. The summed E-state index contributed by atoms with van der Waals surface area (Å²) in [6.45, 7) is 14.5. The summed E-state index contributed by atoms with van der Waals surface area (Å²) >= 11 is 0. The Morgan fingerprint density at radius 1 is 1.20 bits per heavy atom. The van der Waals surface area contributed by atoms with Gasteiger partial charge in [-0.2, -0.15) is 5.10 Å². The first kappa shape index (κ1) is 18.1. The van der Waals surface area contributed by atoms with Gasteiger partial charge in [0, 0.05) is 43.5 Å². The molecule has 2 aromatic rings. The normalized spacial score (nSPS) is 17.1. The molecule has 0 amide bonds. The molecule has 0 aliphatic carbocycles. The number of aryl methyl sites for hydroxylation is 2. The number of morpholine rings is 1. The maximum Gasteiger partial charge on any atom is 0.0954 e. The van der Waals surface area contributed by atoms with E-state index in [4.69, 9.17) is 9.84 Å². The van der Waals surface area contributed by atoms with Crippen molar-refractivity contribution in [3.63, 3.8) is 0 Å². The zero-order valence-corrected chi connectivity index (χ0v) is 16.0. The molecule has 2 aromatic heterocycles. The second-order valence-corrected chi connectivity index (χ2v) is 6.93. The average molecular weight is 345 g/mol. The first-order valence-electron chi connectivity index (χ1n) is 9.52. The molecule has 138 valence electrons. The second-order valence-electron chi connectivity index (χ2n) is 6.93. The number of hydrogen-bond acceptors (Lipinski definition) is 4. The number of ether oxygens (including phenoxy) is 1. The second kappa shape index (κ2) is 8.15. The van der Waals surface area contributed by atoms with Crippen molar-refractivity contribution in [2.24, 2.45) is 0 Å². The lowest BCUT2D eigenvalue weighted by Gasteiger charge is -2.31. The highest BCUT2D eigenvalue weighted by Crippen LogP contribution is 2.30. The summed E-state index contributed by atoms with van der Waals surface area (Å²) in [7, 11) is 0. The zero-order chi connectivity index (χ0) is 17.8. The van der Waals surface area contributed by atoms with E-state index >= 15 is 0 Å². The summed E-state index contributed by atoms with van der Waals surface area (Å²) in [5, 5.41) is 4.75. The van der Waals surface area contributed by atoms with Crippen LogP contribution in [-0.2, 0) is 11.3 Å². The maximum absolute atomic E-state index is 5.48. The molecule has 0 bridgehead atoms. The smallest absolute Gasteiger partial charge is 0.0954 e. The van der Waals surface area contributed by atoms with Gasteiger partial charge >= 0.3 is 0 Å². The van der Waals surface area contributed by atoms with Crippen LogP contribution in [0.25, 0.3) is 11.3 Å². The Kier molecular flexibility index (Phi) is 5.91. The van der Waals surface area contributed by atoms with Crippen LogP contribution in [0.15, 0.2) is 12.5 Å². The summed E-state index contributed by atoms with van der Waals surface area (Å²) in [5.41, 5.74) is 4.76. The molecular weight excluding hydrogens is 314 g/mol. The quantitative estimate of drug-likeness (QED) is 0.774. The van der Waals surface area contributed by atoms with Crippen molar-refractivity contribution < 1.29 is 4.74 Å². The number of nitrogens with zero attached hydrogens (tertiary/aromatic N) is 5. The number of rotatable bonds is 7. The fraction of sp³-hybridized carbons (Fsp3) is 0.684. The van der Waals surface area contributed by atoms with E-state index in [1.54, 1.807) is 0 Å². The van der Waals surface area contributed by atoms with E-state index in [9.17, 15) is 0 Å². The maximum atomic E-state index is 5.48. The van der Waals surface area contributed by atoms with Crippen molar-refractivity contribution in [3.05, 3.63) is 23.9 Å². The molecule has 0 spiro atoms. The lowest BCUT2D eigenvalue weighted by atomic mass is 10.1. The van der Waals surface area contributed by atoms with E-state index in [1.165, 1.54) is 17.0 Å².